The molecule has 0 amide bonds. The highest BCUT2D eigenvalue weighted by molar-refractivity contribution is 7.15. The second-order valence-corrected chi connectivity index (χ2v) is 5.12. The molecule has 0 bridgehead atoms. The lowest BCUT2D eigenvalue weighted by atomic mass is 10.2. The van der Waals surface area contributed by atoms with E-state index < -0.39 is 0 Å². The Bertz CT molecular complexity index is 302. The van der Waals surface area contributed by atoms with E-state index in [2.05, 4.69) is 36.0 Å². The van der Waals surface area contributed by atoms with Crippen LogP contribution in [0.25, 0.3) is 0 Å². The summed E-state index contributed by atoms with van der Waals surface area (Å²) >= 11 is 1.81. The number of piperazine rings is 1. The van der Waals surface area contributed by atoms with Gasteiger partial charge in [0.1, 0.15) is 0 Å². The summed E-state index contributed by atoms with van der Waals surface area (Å²) in [5.41, 5.74) is 1.18. The number of aromatic nitrogens is 1. The van der Waals surface area contributed by atoms with Crippen molar-refractivity contribution in [3.63, 3.8) is 0 Å². The molecule has 78 valence electrons. The Labute approximate surface area is 89.1 Å². The Morgan fingerprint density at radius 1 is 1.50 bits per heavy atom. The van der Waals surface area contributed by atoms with Crippen molar-refractivity contribution in [2.75, 3.05) is 24.5 Å². The molecule has 14 heavy (non-hydrogen) atoms. The van der Waals surface area contributed by atoms with Gasteiger partial charge in [0.2, 0.25) is 0 Å². The van der Waals surface area contributed by atoms with Gasteiger partial charge in [0.15, 0.2) is 5.13 Å². The molecule has 2 rings (SSSR count). The Balaban J connectivity index is 2.14. The zero-order chi connectivity index (χ0) is 10.1. The van der Waals surface area contributed by atoms with Crippen LogP contribution >= 0.6 is 11.3 Å². The fraction of sp³-hybridized carbons (Fsp3) is 0.700. The third kappa shape index (κ3) is 1.91. The predicted molar refractivity (Wildman–Crippen MR) is 61.3 cm³/mol. The quantitative estimate of drug-likeness (QED) is 0.764. The minimum absolute atomic E-state index is 0.577. The SMILES string of the molecule is Cc1nc(N2CCN[C@H](C)C2)sc1C. The van der Waals surface area contributed by atoms with Crippen LogP contribution in [-0.2, 0) is 0 Å². The topological polar surface area (TPSA) is 28.2 Å². The maximum Gasteiger partial charge on any atom is 0.185 e. The molecule has 0 radical (unpaired) electrons. The zero-order valence-corrected chi connectivity index (χ0v) is 9.82. The number of anilines is 1. The summed E-state index contributed by atoms with van der Waals surface area (Å²) in [7, 11) is 0. The van der Waals surface area contributed by atoms with Gasteiger partial charge in [-0.05, 0) is 20.8 Å². The number of nitrogens with one attached hydrogen (secondary N) is 1. The third-order valence-corrected chi connectivity index (χ3v) is 3.79. The fourth-order valence-electron chi connectivity index (χ4n) is 1.70. The Kier molecular flexibility index (Phi) is 2.74. The van der Waals surface area contributed by atoms with Crippen LogP contribution in [0.3, 0.4) is 0 Å². The Morgan fingerprint density at radius 2 is 2.29 bits per heavy atom. The lowest BCUT2D eigenvalue weighted by Crippen LogP contribution is -2.49. The summed E-state index contributed by atoms with van der Waals surface area (Å²) in [6.07, 6.45) is 0. The van der Waals surface area contributed by atoms with Gasteiger partial charge in [0, 0.05) is 30.6 Å². The van der Waals surface area contributed by atoms with Crippen LogP contribution in [-0.4, -0.2) is 30.7 Å². The molecule has 3 nitrogen and oxygen atoms in total. The van der Waals surface area contributed by atoms with E-state index in [0.717, 1.165) is 19.6 Å². The average Bonchev–Trinajstić information content (AvgIpc) is 2.47. The smallest absolute Gasteiger partial charge is 0.185 e. The molecular weight excluding hydrogens is 194 g/mol. The van der Waals surface area contributed by atoms with Crippen molar-refractivity contribution in [1.82, 2.24) is 10.3 Å². The molecule has 1 aliphatic heterocycles. The summed E-state index contributed by atoms with van der Waals surface area (Å²) in [5.74, 6) is 0. The molecular formula is C10H17N3S. The van der Waals surface area contributed by atoms with E-state index in [9.17, 15) is 0 Å². The van der Waals surface area contributed by atoms with E-state index in [4.69, 9.17) is 0 Å². The van der Waals surface area contributed by atoms with Gasteiger partial charge in [-0.15, -0.1) is 11.3 Å². The maximum absolute atomic E-state index is 4.58. The Morgan fingerprint density at radius 3 is 2.86 bits per heavy atom. The molecule has 4 heteroatoms. The molecule has 1 aliphatic rings. The van der Waals surface area contributed by atoms with E-state index in [0.29, 0.717) is 6.04 Å². The van der Waals surface area contributed by atoms with Crippen LogP contribution in [0.1, 0.15) is 17.5 Å². The molecule has 1 atom stereocenters. The van der Waals surface area contributed by atoms with Crippen molar-refractivity contribution in [3.05, 3.63) is 10.6 Å². The minimum Gasteiger partial charge on any atom is -0.345 e. The van der Waals surface area contributed by atoms with Gasteiger partial charge in [-0.3, -0.25) is 0 Å². The van der Waals surface area contributed by atoms with Crippen LogP contribution in [0.2, 0.25) is 0 Å². The number of nitrogens with zero attached hydrogens (tertiary/aromatic N) is 2. The van der Waals surface area contributed by atoms with Gasteiger partial charge in [-0.25, -0.2) is 4.98 Å². The average molecular weight is 211 g/mol. The summed E-state index contributed by atoms with van der Waals surface area (Å²) in [5, 5.41) is 4.63. The number of hydrogen-bond donors (Lipinski definition) is 1. The van der Waals surface area contributed by atoms with E-state index in [1.807, 2.05) is 11.3 Å². The minimum atomic E-state index is 0.577. The van der Waals surface area contributed by atoms with Gasteiger partial charge in [-0.2, -0.15) is 0 Å². The normalized spacial score (nSPS) is 22.8. The van der Waals surface area contributed by atoms with Crippen LogP contribution in [0.5, 0.6) is 0 Å². The fourth-order valence-corrected chi connectivity index (χ4v) is 2.64. The van der Waals surface area contributed by atoms with Crippen LogP contribution < -0.4 is 10.2 Å². The lowest BCUT2D eigenvalue weighted by molar-refractivity contribution is 0.484. The van der Waals surface area contributed by atoms with Gasteiger partial charge < -0.3 is 10.2 Å². The molecule has 1 fully saturated rings. The molecule has 0 saturated carbocycles. The largest absolute Gasteiger partial charge is 0.345 e. The third-order valence-electron chi connectivity index (χ3n) is 2.66. The molecule has 0 unspecified atom stereocenters. The number of thiazole rings is 1. The van der Waals surface area contributed by atoms with E-state index in [1.54, 1.807) is 0 Å². The molecule has 1 aromatic heterocycles. The molecule has 0 aliphatic carbocycles. The van der Waals surface area contributed by atoms with E-state index in [1.165, 1.54) is 15.7 Å². The van der Waals surface area contributed by atoms with Gasteiger partial charge in [-0.1, -0.05) is 0 Å². The standard InChI is InChI=1S/C10H17N3S/c1-7-6-13(5-4-11-7)10-12-8(2)9(3)14-10/h7,11H,4-6H2,1-3H3/t7-/m1/s1. The first-order chi connectivity index (χ1) is 6.66. The summed E-state index contributed by atoms with van der Waals surface area (Å²) in [6.45, 7) is 9.67. The van der Waals surface area contributed by atoms with E-state index >= 15 is 0 Å². The van der Waals surface area contributed by atoms with Gasteiger partial charge in [0.25, 0.3) is 0 Å². The summed E-state index contributed by atoms with van der Waals surface area (Å²) in [6, 6.07) is 0.577. The molecule has 0 spiro atoms. The number of aryl methyl sites for hydroxylation is 2. The van der Waals surface area contributed by atoms with Crippen molar-refractivity contribution < 1.29 is 0 Å². The van der Waals surface area contributed by atoms with Crippen molar-refractivity contribution in [2.24, 2.45) is 0 Å². The van der Waals surface area contributed by atoms with Crippen molar-refractivity contribution in [2.45, 2.75) is 26.8 Å². The molecule has 0 aromatic carbocycles. The van der Waals surface area contributed by atoms with Crippen molar-refractivity contribution in [1.29, 1.82) is 0 Å². The molecule has 1 aromatic rings. The van der Waals surface area contributed by atoms with Gasteiger partial charge in [0.05, 0.1) is 5.69 Å². The molecule has 2 heterocycles. The van der Waals surface area contributed by atoms with Crippen LogP contribution in [0.4, 0.5) is 5.13 Å². The molecule has 1 N–H and O–H groups in total. The van der Waals surface area contributed by atoms with Crippen molar-refractivity contribution >= 4 is 16.5 Å². The van der Waals surface area contributed by atoms with Crippen molar-refractivity contribution in [3.8, 4) is 0 Å². The summed E-state index contributed by atoms with van der Waals surface area (Å²) < 4.78 is 0. The highest BCUT2D eigenvalue weighted by Gasteiger charge is 2.18. The molecule has 1 saturated heterocycles. The highest BCUT2D eigenvalue weighted by Crippen LogP contribution is 2.25. The van der Waals surface area contributed by atoms with E-state index in [-0.39, 0.29) is 0 Å². The second kappa shape index (κ2) is 3.87. The Hall–Kier alpha value is -0.610. The highest BCUT2D eigenvalue weighted by atomic mass is 32.1. The first-order valence-corrected chi connectivity index (χ1v) is 5.91. The number of rotatable bonds is 1. The zero-order valence-electron chi connectivity index (χ0n) is 9.00. The number of hydrogen-bond acceptors (Lipinski definition) is 4. The van der Waals surface area contributed by atoms with Crippen LogP contribution in [0.15, 0.2) is 0 Å². The maximum atomic E-state index is 4.58. The first-order valence-electron chi connectivity index (χ1n) is 5.09. The lowest BCUT2D eigenvalue weighted by Gasteiger charge is -2.31. The van der Waals surface area contributed by atoms with Crippen LogP contribution in [0, 0.1) is 13.8 Å². The first kappa shape index (κ1) is 9.93. The second-order valence-electron chi connectivity index (χ2n) is 3.94. The monoisotopic (exact) mass is 211 g/mol. The summed E-state index contributed by atoms with van der Waals surface area (Å²) in [4.78, 5) is 8.30. The van der Waals surface area contributed by atoms with Gasteiger partial charge >= 0.3 is 0 Å². The predicted octanol–water partition coefficient (Wildman–Crippen LogP) is 1.56.